The van der Waals surface area contributed by atoms with Gasteiger partial charge in [-0.2, -0.15) is 0 Å². The molecule has 0 aromatic rings. The summed E-state index contributed by atoms with van der Waals surface area (Å²) in [6, 6.07) is 0. The number of carbonyl (C=O) groups is 1. The first kappa shape index (κ1) is 20.6. The van der Waals surface area contributed by atoms with Gasteiger partial charge in [-0.15, -0.1) is 0 Å². The van der Waals surface area contributed by atoms with E-state index in [1.165, 1.54) is 83.5 Å². The van der Waals surface area contributed by atoms with Gasteiger partial charge in [0.2, 0.25) is 0 Å². The number of ketones is 1. The predicted molar refractivity (Wildman–Crippen MR) is 91.8 cm³/mol. The quantitative estimate of drug-likeness (QED) is 0.304. The second kappa shape index (κ2) is 17.7. The lowest BCUT2D eigenvalue weighted by atomic mass is 10.0. The minimum atomic E-state index is 0.125. The van der Waals surface area contributed by atoms with E-state index in [-0.39, 0.29) is 5.78 Å². The third-order valence-electron chi connectivity index (χ3n) is 3.95. The first-order chi connectivity index (χ1) is 10.3. The molecule has 0 aromatic heterocycles. The summed E-state index contributed by atoms with van der Waals surface area (Å²) in [7, 11) is 0. The van der Waals surface area contributed by atoms with E-state index in [1.807, 2.05) is 0 Å². The van der Waals surface area contributed by atoms with Gasteiger partial charge in [-0.3, -0.25) is 4.79 Å². The lowest BCUT2D eigenvalue weighted by Crippen LogP contribution is -2.04. The van der Waals surface area contributed by atoms with Gasteiger partial charge in [0, 0.05) is 6.61 Å². The highest BCUT2D eigenvalue weighted by Gasteiger charge is 1.95. The van der Waals surface area contributed by atoms with E-state index in [4.69, 9.17) is 4.74 Å². The van der Waals surface area contributed by atoms with Crippen LogP contribution in [-0.2, 0) is 9.53 Å². The summed E-state index contributed by atoms with van der Waals surface area (Å²) in [5, 5.41) is 0. The van der Waals surface area contributed by atoms with Gasteiger partial charge >= 0.3 is 0 Å². The highest BCUT2D eigenvalue weighted by molar-refractivity contribution is 5.76. The third kappa shape index (κ3) is 19.6. The zero-order valence-corrected chi connectivity index (χ0v) is 14.6. The van der Waals surface area contributed by atoms with Crippen LogP contribution < -0.4 is 0 Å². The van der Waals surface area contributed by atoms with Crippen LogP contribution in [0.15, 0.2) is 0 Å². The molecule has 2 heteroatoms. The van der Waals surface area contributed by atoms with Crippen LogP contribution in [0.25, 0.3) is 0 Å². The van der Waals surface area contributed by atoms with Crippen molar-refractivity contribution < 1.29 is 9.53 Å². The minimum absolute atomic E-state index is 0.125. The maximum atomic E-state index is 10.7. The molecule has 0 aliphatic heterocycles. The molecule has 0 N–H and O–H groups in total. The second-order valence-corrected chi connectivity index (χ2v) is 6.35. The molecule has 0 atom stereocenters. The Labute approximate surface area is 133 Å². The number of hydrogen-bond donors (Lipinski definition) is 0. The molecule has 0 saturated heterocycles. The maximum Gasteiger partial charge on any atom is 0.155 e. The van der Waals surface area contributed by atoms with E-state index in [0.717, 1.165) is 13.0 Å². The fourth-order valence-electron chi connectivity index (χ4n) is 2.61. The van der Waals surface area contributed by atoms with Crippen LogP contribution in [0.5, 0.6) is 0 Å². The van der Waals surface area contributed by atoms with Gasteiger partial charge in [0.05, 0.1) is 0 Å². The van der Waals surface area contributed by atoms with Gasteiger partial charge in [-0.05, 0) is 13.3 Å². The van der Waals surface area contributed by atoms with Crippen molar-refractivity contribution in [1.29, 1.82) is 0 Å². The molecule has 0 aromatic carbocycles. The molecule has 126 valence electrons. The van der Waals surface area contributed by atoms with Crippen molar-refractivity contribution in [1.82, 2.24) is 0 Å². The standard InChI is InChI=1S/C19H38O2/c1-3-4-5-6-7-8-9-10-11-12-13-14-15-16-17-21-18-19(2)20/h3-18H2,1-2H3. The van der Waals surface area contributed by atoms with Gasteiger partial charge in [0.15, 0.2) is 5.78 Å². The summed E-state index contributed by atoms with van der Waals surface area (Å²) in [6.07, 6.45) is 19.2. The van der Waals surface area contributed by atoms with Crippen molar-refractivity contribution in [3.63, 3.8) is 0 Å². The Balaban J connectivity index is 2.95. The first-order valence-corrected chi connectivity index (χ1v) is 9.34. The highest BCUT2D eigenvalue weighted by atomic mass is 16.5. The smallest absolute Gasteiger partial charge is 0.155 e. The van der Waals surface area contributed by atoms with Gasteiger partial charge in [-0.1, -0.05) is 90.4 Å². The van der Waals surface area contributed by atoms with Gasteiger partial charge < -0.3 is 4.74 Å². The summed E-state index contributed by atoms with van der Waals surface area (Å²) in [6.45, 7) is 4.89. The van der Waals surface area contributed by atoms with E-state index in [2.05, 4.69) is 6.92 Å². The van der Waals surface area contributed by atoms with E-state index in [1.54, 1.807) is 6.92 Å². The molecule has 0 radical (unpaired) electrons. The number of ether oxygens (including phenoxy) is 1. The maximum absolute atomic E-state index is 10.7. The molecule has 0 aliphatic rings. The number of rotatable bonds is 17. The van der Waals surface area contributed by atoms with Crippen LogP contribution in [0.1, 0.15) is 104 Å². The summed E-state index contributed by atoms with van der Waals surface area (Å²) < 4.78 is 5.25. The normalized spacial score (nSPS) is 11.0. The fraction of sp³-hybridized carbons (Fsp3) is 0.947. The zero-order chi connectivity index (χ0) is 15.6. The van der Waals surface area contributed by atoms with Crippen molar-refractivity contribution in [2.24, 2.45) is 0 Å². The molecule has 0 rings (SSSR count). The number of Topliss-reactive ketones (excluding diaryl/α,β-unsaturated/α-hetero) is 1. The molecule has 0 heterocycles. The summed E-state index contributed by atoms with van der Waals surface area (Å²) in [4.78, 5) is 10.7. The van der Waals surface area contributed by atoms with Gasteiger partial charge in [-0.25, -0.2) is 0 Å². The number of hydrogen-bond acceptors (Lipinski definition) is 2. The Morgan fingerprint density at radius 3 is 1.43 bits per heavy atom. The topological polar surface area (TPSA) is 26.3 Å². The Morgan fingerprint density at radius 1 is 0.667 bits per heavy atom. The number of carbonyl (C=O) groups excluding carboxylic acids is 1. The van der Waals surface area contributed by atoms with E-state index in [9.17, 15) is 4.79 Å². The summed E-state index contributed by atoms with van der Waals surface area (Å²) >= 11 is 0. The fourth-order valence-corrected chi connectivity index (χ4v) is 2.61. The SMILES string of the molecule is CCCCCCCCCCCCCCCCOCC(C)=O. The lowest BCUT2D eigenvalue weighted by molar-refractivity contribution is -0.121. The minimum Gasteiger partial charge on any atom is -0.374 e. The molecule has 0 spiro atoms. The summed E-state index contributed by atoms with van der Waals surface area (Å²) in [5.41, 5.74) is 0. The summed E-state index contributed by atoms with van der Waals surface area (Å²) in [5.74, 6) is 0.125. The molecular formula is C19H38O2. The molecule has 21 heavy (non-hydrogen) atoms. The Hall–Kier alpha value is -0.370. The molecule has 0 saturated carbocycles. The number of unbranched alkanes of at least 4 members (excludes halogenated alkanes) is 13. The monoisotopic (exact) mass is 298 g/mol. The van der Waals surface area contributed by atoms with Gasteiger partial charge in [0.1, 0.15) is 6.61 Å². The van der Waals surface area contributed by atoms with Crippen molar-refractivity contribution in [2.45, 2.75) is 104 Å². The third-order valence-corrected chi connectivity index (χ3v) is 3.95. The molecule has 0 unspecified atom stereocenters. The van der Waals surface area contributed by atoms with Crippen molar-refractivity contribution in [3.8, 4) is 0 Å². The van der Waals surface area contributed by atoms with Crippen LogP contribution in [0.3, 0.4) is 0 Å². The molecular weight excluding hydrogens is 260 g/mol. The van der Waals surface area contributed by atoms with Crippen LogP contribution in [0, 0.1) is 0 Å². The Kier molecular flexibility index (Phi) is 17.4. The second-order valence-electron chi connectivity index (χ2n) is 6.35. The van der Waals surface area contributed by atoms with Crippen LogP contribution in [-0.4, -0.2) is 19.0 Å². The van der Waals surface area contributed by atoms with Crippen molar-refractivity contribution in [3.05, 3.63) is 0 Å². The molecule has 0 bridgehead atoms. The van der Waals surface area contributed by atoms with Crippen LogP contribution in [0.2, 0.25) is 0 Å². The highest BCUT2D eigenvalue weighted by Crippen LogP contribution is 2.12. The molecule has 0 amide bonds. The molecule has 0 fully saturated rings. The van der Waals surface area contributed by atoms with Crippen LogP contribution >= 0.6 is 0 Å². The Morgan fingerprint density at radius 2 is 1.05 bits per heavy atom. The van der Waals surface area contributed by atoms with Crippen LogP contribution in [0.4, 0.5) is 0 Å². The molecule has 0 aliphatic carbocycles. The van der Waals surface area contributed by atoms with E-state index < -0.39 is 0 Å². The van der Waals surface area contributed by atoms with Gasteiger partial charge in [0.25, 0.3) is 0 Å². The van der Waals surface area contributed by atoms with Crippen molar-refractivity contribution in [2.75, 3.05) is 13.2 Å². The molecule has 2 nitrogen and oxygen atoms in total. The first-order valence-electron chi connectivity index (χ1n) is 9.34. The average molecular weight is 299 g/mol. The van der Waals surface area contributed by atoms with Crippen molar-refractivity contribution >= 4 is 5.78 Å². The van der Waals surface area contributed by atoms with E-state index in [0.29, 0.717) is 6.61 Å². The zero-order valence-electron chi connectivity index (χ0n) is 14.6. The largest absolute Gasteiger partial charge is 0.374 e. The Bertz CT molecular complexity index is 214. The lowest BCUT2D eigenvalue weighted by Gasteiger charge is -2.03. The predicted octanol–water partition coefficient (Wildman–Crippen LogP) is 6.07. The van der Waals surface area contributed by atoms with E-state index >= 15 is 0 Å². The average Bonchev–Trinajstić information content (AvgIpc) is 2.46.